The Labute approximate surface area is 352 Å². The van der Waals surface area contributed by atoms with Crippen LogP contribution in [0.3, 0.4) is 0 Å². The van der Waals surface area contributed by atoms with Gasteiger partial charge in [0.2, 0.25) is 0 Å². The predicted octanol–water partition coefficient (Wildman–Crippen LogP) is 5.24. The third kappa shape index (κ3) is 9.77. The quantitative estimate of drug-likeness (QED) is 0.192. The maximum absolute atomic E-state index is 13.0. The van der Waals surface area contributed by atoms with E-state index in [1.54, 1.807) is 0 Å². The molecule has 0 N–H and O–H groups in total. The first-order valence-corrected chi connectivity index (χ1v) is 21.2. The first-order chi connectivity index (χ1) is 26.7. The zero-order chi connectivity index (χ0) is 41.4. The molecule has 0 unspecified atom stereocenters. The molecule has 4 aliphatic heterocycles. The van der Waals surface area contributed by atoms with Crippen LogP contribution in [0.1, 0.15) is 0 Å². The van der Waals surface area contributed by atoms with Gasteiger partial charge in [-0.25, -0.2) is 38.4 Å². The molecule has 0 saturated heterocycles. The highest BCUT2D eigenvalue weighted by atomic mass is 32.2. The van der Waals surface area contributed by atoms with E-state index in [9.17, 15) is 38.4 Å². The standard InChI is InChI=1S/C32H26O16S8/c1-41-23(33)15-16(24(34)42-2)50-13(49-15)9-11(31-53-19(27(37)45-5)20(54-31)28(38)46-6)12(32-55-21(29(39)47-7)22(56-32)30(40)48-8)10-14-51-17(25(35)43-3)18(52-14)26(36)44-4/h9-10H,1-8H3. The molecule has 4 rings (SSSR count). The monoisotopic (exact) mass is 922 g/mol. The molecule has 4 aliphatic rings. The second-order valence-electron chi connectivity index (χ2n) is 9.71. The summed E-state index contributed by atoms with van der Waals surface area (Å²) in [5.41, 5.74) is 0.409. The second-order valence-corrected chi connectivity index (χ2v) is 19.0. The molecule has 0 aromatic carbocycles. The number of hydrogen-bond acceptors (Lipinski definition) is 24. The smallest absolute Gasteiger partial charge is 0.346 e. The SMILES string of the molecule is COC(=O)C1=C(C(=O)OC)SC(=CC(=C2SC(C(=O)OC)=C(C(=O)OC)S2)C(C=C2SC(C(=O)OC)=C(C(=O)OC)S2)=C2SC(C(=O)OC)=C(C(=O)OC)S2)S1. The lowest BCUT2D eigenvalue weighted by Gasteiger charge is -2.14. The molecule has 0 saturated carbocycles. The minimum absolute atomic E-state index is 0.0911. The average Bonchev–Trinajstić information content (AvgIpc) is 4.04. The Morgan fingerprint density at radius 2 is 0.464 bits per heavy atom. The van der Waals surface area contributed by atoms with Crippen LogP contribution in [-0.4, -0.2) is 105 Å². The summed E-state index contributed by atoms with van der Waals surface area (Å²) in [5, 5.41) is 0. The topological polar surface area (TPSA) is 210 Å². The minimum atomic E-state index is -0.867. The van der Waals surface area contributed by atoms with E-state index in [0.29, 0.717) is 8.47 Å². The highest BCUT2D eigenvalue weighted by Crippen LogP contribution is 2.60. The molecular weight excluding hydrogens is 897 g/mol. The van der Waals surface area contributed by atoms with E-state index < -0.39 is 47.8 Å². The summed E-state index contributed by atoms with van der Waals surface area (Å²) in [6, 6.07) is 0. The van der Waals surface area contributed by atoms with E-state index in [4.69, 9.17) is 37.9 Å². The second kappa shape index (κ2) is 20.3. The van der Waals surface area contributed by atoms with Crippen molar-refractivity contribution in [1.29, 1.82) is 0 Å². The molecule has 298 valence electrons. The Bertz CT molecular complexity index is 1820. The van der Waals surface area contributed by atoms with Gasteiger partial charge in [0, 0.05) is 11.1 Å². The lowest BCUT2D eigenvalue weighted by atomic mass is 10.1. The van der Waals surface area contributed by atoms with Gasteiger partial charge in [-0.3, -0.25) is 0 Å². The number of rotatable bonds is 11. The number of carbonyl (C=O) groups excluding carboxylic acids is 8. The number of thioether (sulfide) groups is 8. The van der Waals surface area contributed by atoms with E-state index in [1.165, 1.54) is 12.2 Å². The molecule has 0 radical (unpaired) electrons. The van der Waals surface area contributed by atoms with Crippen molar-refractivity contribution in [3.05, 3.63) is 79.5 Å². The van der Waals surface area contributed by atoms with Gasteiger partial charge < -0.3 is 37.9 Å². The van der Waals surface area contributed by atoms with Gasteiger partial charge in [0.15, 0.2) is 0 Å². The molecule has 0 spiro atoms. The van der Waals surface area contributed by atoms with Gasteiger partial charge in [-0.2, -0.15) is 0 Å². The number of methoxy groups -OCH3 is 8. The van der Waals surface area contributed by atoms with E-state index in [0.717, 1.165) is 151 Å². The molecule has 24 heteroatoms. The molecule has 0 aliphatic carbocycles. The van der Waals surface area contributed by atoms with Crippen molar-refractivity contribution in [2.45, 2.75) is 0 Å². The van der Waals surface area contributed by atoms with Gasteiger partial charge in [-0.05, 0) is 12.2 Å². The Kier molecular flexibility index (Phi) is 16.3. The summed E-state index contributed by atoms with van der Waals surface area (Å²) in [6.45, 7) is 0. The molecule has 4 heterocycles. The van der Waals surface area contributed by atoms with Gasteiger partial charge in [-0.15, -0.1) is 0 Å². The van der Waals surface area contributed by atoms with Crippen molar-refractivity contribution in [2.24, 2.45) is 0 Å². The Hall–Kier alpha value is -3.52. The largest absolute Gasteiger partial charge is 0.465 e. The van der Waals surface area contributed by atoms with Crippen molar-refractivity contribution in [1.82, 2.24) is 0 Å². The van der Waals surface area contributed by atoms with Gasteiger partial charge in [0.05, 0.1) is 73.8 Å². The molecule has 56 heavy (non-hydrogen) atoms. The predicted molar refractivity (Wildman–Crippen MR) is 215 cm³/mol. The van der Waals surface area contributed by atoms with Crippen LogP contribution in [0.5, 0.6) is 0 Å². The van der Waals surface area contributed by atoms with Crippen molar-refractivity contribution in [3.8, 4) is 0 Å². The van der Waals surface area contributed by atoms with Crippen LogP contribution in [0.25, 0.3) is 0 Å². The van der Waals surface area contributed by atoms with Gasteiger partial charge in [0.1, 0.15) is 39.2 Å². The fourth-order valence-corrected chi connectivity index (χ4v) is 13.9. The number of ether oxygens (including phenoxy) is 8. The van der Waals surface area contributed by atoms with Gasteiger partial charge in [0.25, 0.3) is 0 Å². The molecular formula is C32H26O16S8. The summed E-state index contributed by atoms with van der Waals surface area (Å²) in [4.78, 5) is 102. The summed E-state index contributed by atoms with van der Waals surface area (Å²) in [6.07, 6.45) is 3.07. The van der Waals surface area contributed by atoms with Crippen LogP contribution in [0.2, 0.25) is 0 Å². The number of allylic oxidation sites excluding steroid dienone is 4. The van der Waals surface area contributed by atoms with Crippen molar-refractivity contribution in [2.75, 3.05) is 56.9 Å². The fourth-order valence-electron chi connectivity index (χ4n) is 4.11. The Morgan fingerprint density at radius 3 is 0.625 bits per heavy atom. The molecule has 0 fully saturated rings. The summed E-state index contributed by atoms with van der Waals surface area (Å²) in [5.74, 6) is -6.80. The van der Waals surface area contributed by atoms with E-state index in [2.05, 4.69) is 0 Å². The van der Waals surface area contributed by atoms with Crippen LogP contribution in [0, 0.1) is 0 Å². The number of esters is 8. The van der Waals surface area contributed by atoms with Crippen LogP contribution in [0.4, 0.5) is 0 Å². The van der Waals surface area contributed by atoms with Crippen LogP contribution >= 0.6 is 94.1 Å². The molecule has 0 bridgehead atoms. The van der Waals surface area contributed by atoms with E-state index in [-0.39, 0.29) is 58.9 Å². The van der Waals surface area contributed by atoms with Crippen LogP contribution in [-0.2, 0) is 76.3 Å². The summed E-state index contributed by atoms with van der Waals surface area (Å²) < 4.78 is 40.5. The van der Waals surface area contributed by atoms with Gasteiger partial charge in [-0.1, -0.05) is 94.1 Å². The van der Waals surface area contributed by atoms with Crippen molar-refractivity contribution in [3.63, 3.8) is 0 Å². The first kappa shape index (κ1) is 45.2. The summed E-state index contributed by atoms with van der Waals surface area (Å²) >= 11 is 6.78. The lowest BCUT2D eigenvalue weighted by molar-refractivity contribution is -0.138. The Morgan fingerprint density at radius 1 is 0.304 bits per heavy atom. The van der Waals surface area contributed by atoms with Crippen molar-refractivity contribution < 1.29 is 76.3 Å². The lowest BCUT2D eigenvalue weighted by Crippen LogP contribution is -2.08. The highest BCUT2D eigenvalue weighted by molar-refractivity contribution is 8.31. The molecule has 0 amide bonds. The highest BCUT2D eigenvalue weighted by Gasteiger charge is 2.40. The van der Waals surface area contributed by atoms with Crippen molar-refractivity contribution >= 4 is 142 Å². The van der Waals surface area contributed by atoms with Gasteiger partial charge >= 0.3 is 47.8 Å². The fraction of sp³-hybridized carbons (Fsp3) is 0.250. The van der Waals surface area contributed by atoms with Crippen LogP contribution in [0.15, 0.2) is 79.5 Å². The first-order valence-electron chi connectivity index (χ1n) is 14.7. The average molecular weight is 923 g/mol. The normalized spacial score (nSPS) is 16.5. The Balaban J connectivity index is 2.08. The number of hydrogen-bond donors (Lipinski definition) is 0. The van der Waals surface area contributed by atoms with Crippen LogP contribution < -0.4 is 0 Å². The zero-order valence-corrected chi connectivity index (χ0v) is 36.5. The molecule has 0 atom stereocenters. The molecule has 0 aromatic rings. The maximum Gasteiger partial charge on any atom is 0.346 e. The zero-order valence-electron chi connectivity index (χ0n) is 30.0. The minimum Gasteiger partial charge on any atom is -0.465 e. The molecule has 16 nitrogen and oxygen atoms in total. The molecule has 0 aromatic heterocycles. The third-order valence-electron chi connectivity index (χ3n) is 6.64. The third-order valence-corrected chi connectivity index (χ3v) is 16.6. The summed E-state index contributed by atoms with van der Waals surface area (Å²) in [7, 11) is 9.03. The van der Waals surface area contributed by atoms with E-state index in [1.807, 2.05) is 0 Å². The maximum atomic E-state index is 13.0. The van der Waals surface area contributed by atoms with E-state index >= 15 is 0 Å². The number of carbonyl (C=O) groups is 8.